The van der Waals surface area contributed by atoms with Gasteiger partial charge < -0.3 is 14.6 Å². The molecule has 0 unspecified atom stereocenters. The van der Waals surface area contributed by atoms with Crippen molar-refractivity contribution in [3.05, 3.63) is 46.7 Å². The van der Waals surface area contributed by atoms with E-state index in [2.05, 4.69) is 0 Å². The van der Waals surface area contributed by atoms with E-state index >= 15 is 0 Å². The topological polar surface area (TPSA) is 72.8 Å². The molecule has 0 saturated carbocycles. The summed E-state index contributed by atoms with van der Waals surface area (Å²) in [6, 6.07) is 7.64. The molecule has 3 rings (SSSR count). The zero-order valence-corrected chi connectivity index (χ0v) is 11.8. The van der Waals surface area contributed by atoms with Gasteiger partial charge in [0.05, 0.1) is 19.8 Å². The van der Waals surface area contributed by atoms with Crippen molar-refractivity contribution in [2.45, 2.75) is 18.3 Å². The molecule has 21 heavy (non-hydrogen) atoms. The van der Waals surface area contributed by atoms with Gasteiger partial charge in [-0.1, -0.05) is 24.3 Å². The third kappa shape index (κ3) is 1.84. The Morgan fingerprint density at radius 1 is 1.14 bits per heavy atom. The van der Waals surface area contributed by atoms with Crippen LogP contribution in [0.5, 0.6) is 0 Å². The first-order valence-electron chi connectivity index (χ1n) is 6.78. The zero-order valence-electron chi connectivity index (χ0n) is 11.8. The van der Waals surface area contributed by atoms with Crippen molar-refractivity contribution in [3.8, 4) is 0 Å². The van der Waals surface area contributed by atoms with E-state index in [1.165, 1.54) is 14.2 Å². The van der Waals surface area contributed by atoms with Gasteiger partial charge >= 0.3 is 11.9 Å². The summed E-state index contributed by atoms with van der Waals surface area (Å²) >= 11 is 0. The minimum atomic E-state index is -0.844. The van der Waals surface area contributed by atoms with E-state index in [0.29, 0.717) is 6.42 Å². The Bertz CT molecular complexity index is 646. The number of rotatable bonds is 2. The molecule has 5 heteroatoms. The van der Waals surface area contributed by atoms with Crippen LogP contribution in [0.2, 0.25) is 0 Å². The van der Waals surface area contributed by atoms with Gasteiger partial charge in [0.15, 0.2) is 0 Å². The van der Waals surface area contributed by atoms with Crippen molar-refractivity contribution >= 4 is 11.9 Å². The first-order valence-corrected chi connectivity index (χ1v) is 6.78. The molecule has 0 radical (unpaired) electrons. The van der Waals surface area contributed by atoms with E-state index < -0.39 is 17.9 Å². The maximum atomic E-state index is 12.1. The number of benzene rings is 1. The number of aliphatic hydroxyl groups excluding tert-OH is 1. The van der Waals surface area contributed by atoms with Crippen molar-refractivity contribution in [3.63, 3.8) is 0 Å². The van der Waals surface area contributed by atoms with Gasteiger partial charge in [-0.05, 0) is 17.5 Å². The van der Waals surface area contributed by atoms with Crippen LogP contribution >= 0.6 is 0 Å². The molecule has 5 nitrogen and oxygen atoms in total. The molecule has 2 aliphatic rings. The molecule has 0 aromatic heterocycles. The van der Waals surface area contributed by atoms with Gasteiger partial charge in [-0.15, -0.1) is 0 Å². The summed E-state index contributed by atoms with van der Waals surface area (Å²) in [6.45, 7) is 0. The number of fused-ring (bicyclic) bond motifs is 5. The minimum Gasteiger partial charge on any atom is -0.511 e. The molecule has 0 aliphatic heterocycles. The standard InChI is InChI=1S/C16H16O5/c1-20-15(18)12-10-7-11(9-6-4-3-5-8(9)10)13(14(12)17)16(19)21-2/h3-6,10-12,17H,7H2,1-2H3/t10-,11+,12+/m1/s1. The van der Waals surface area contributed by atoms with Crippen LogP contribution in [0.1, 0.15) is 29.4 Å². The van der Waals surface area contributed by atoms with E-state index in [9.17, 15) is 14.7 Å². The summed E-state index contributed by atoms with van der Waals surface area (Å²) < 4.78 is 9.58. The maximum absolute atomic E-state index is 12.1. The Morgan fingerprint density at radius 2 is 1.81 bits per heavy atom. The average molecular weight is 288 g/mol. The Labute approximate surface area is 122 Å². The van der Waals surface area contributed by atoms with E-state index in [4.69, 9.17) is 9.47 Å². The highest BCUT2D eigenvalue weighted by atomic mass is 16.5. The summed E-state index contributed by atoms with van der Waals surface area (Å²) in [5.41, 5.74) is 2.14. The fourth-order valence-corrected chi connectivity index (χ4v) is 3.56. The molecule has 0 heterocycles. The van der Waals surface area contributed by atoms with Crippen LogP contribution in [-0.4, -0.2) is 31.3 Å². The van der Waals surface area contributed by atoms with E-state index in [1.807, 2.05) is 24.3 Å². The Balaban J connectivity index is 2.20. The van der Waals surface area contributed by atoms with E-state index in [-0.39, 0.29) is 23.2 Å². The molecule has 0 saturated heterocycles. The van der Waals surface area contributed by atoms with Gasteiger partial charge in [-0.3, -0.25) is 4.79 Å². The molecule has 2 aliphatic carbocycles. The molecule has 0 spiro atoms. The van der Waals surface area contributed by atoms with Gasteiger partial charge in [0.25, 0.3) is 0 Å². The van der Waals surface area contributed by atoms with Crippen LogP contribution in [0.4, 0.5) is 0 Å². The van der Waals surface area contributed by atoms with E-state index in [0.717, 1.165) is 11.1 Å². The molecular weight excluding hydrogens is 272 g/mol. The molecule has 3 atom stereocenters. The fourth-order valence-electron chi connectivity index (χ4n) is 3.56. The molecule has 1 N–H and O–H groups in total. The summed E-state index contributed by atoms with van der Waals surface area (Å²) in [7, 11) is 2.54. The lowest BCUT2D eigenvalue weighted by Crippen LogP contribution is -2.31. The summed E-state index contributed by atoms with van der Waals surface area (Å²) in [5.74, 6) is -2.57. The number of aliphatic hydroxyl groups is 1. The third-order valence-corrected chi connectivity index (χ3v) is 4.44. The highest BCUT2D eigenvalue weighted by Gasteiger charge is 2.50. The lowest BCUT2D eigenvalue weighted by atomic mass is 9.77. The maximum Gasteiger partial charge on any atom is 0.337 e. The molecule has 0 amide bonds. The van der Waals surface area contributed by atoms with Crippen LogP contribution in [0, 0.1) is 5.92 Å². The first kappa shape index (κ1) is 13.7. The number of hydrogen-bond donors (Lipinski definition) is 1. The van der Waals surface area contributed by atoms with Crippen LogP contribution in [0.15, 0.2) is 35.6 Å². The number of carbonyl (C=O) groups is 2. The third-order valence-electron chi connectivity index (χ3n) is 4.44. The van der Waals surface area contributed by atoms with Crippen molar-refractivity contribution in [1.82, 2.24) is 0 Å². The summed E-state index contributed by atoms with van der Waals surface area (Å²) in [4.78, 5) is 24.1. The molecular formula is C16H16O5. The predicted molar refractivity (Wildman–Crippen MR) is 73.7 cm³/mol. The van der Waals surface area contributed by atoms with Gasteiger partial charge in [0, 0.05) is 11.8 Å². The summed E-state index contributed by atoms with van der Waals surface area (Å²) in [6.07, 6.45) is 0.605. The molecule has 110 valence electrons. The zero-order chi connectivity index (χ0) is 15.1. The smallest absolute Gasteiger partial charge is 0.337 e. The lowest BCUT2D eigenvalue weighted by molar-refractivity contribution is -0.146. The van der Waals surface area contributed by atoms with Crippen LogP contribution in [-0.2, 0) is 19.1 Å². The Morgan fingerprint density at radius 3 is 2.43 bits per heavy atom. The number of methoxy groups -OCH3 is 2. The number of esters is 2. The van der Waals surface area contributed by atoms with Crippen LogP contribution in [0.3, 0.4) is 0 Å². The van der Waals surface area contributed by atoms with Gasteiger partial charge in [0.1, 0.15) is 11.7 Å². The van der Waals surface area contributed by atoms with Crippen LogP contribution in [0.25, 0.3) is 0 Å². The van der Waals surface area contributed by atoms with Crippen molar-refractivity contribution in [2.24, 2.45) is 5.92 Å². The van der Waals surface area contributed by atoms with Gasteiger partial charge in [-0.25, -0.2) is 4.79 Å². The lowest BCUT2D eigenvalue weighted by Gasteiger charge is -2.28. The predicted octanol–water partition coefficient (Wildman–Crippen LogP) is 2.05. The highest BCUT2D eigenvalue weighted by molar-refractivity contribution is 5.94. The van der Waals surface area contributed by atoms with Crippen molar-refractivity contribution in [2.75, 3.05) is 14.2 Å². The Hall–Kier alpha value is -2.30. The van der Waals surface area contributed by atoms with Crippen LogP contribution < -0.4 is 0 Å². The Kier molecular flexibility index (Phi) is 3.20. The fraction of sp³-hybridized carbons (Fsp3) is 0.375. The molecule has 2 bridgehead atoms. The van der Waals surface area contributed by atoms with E-state index in [1.54, 1.807) is 0 Å². The second-order valence-electron chi connectivity index (χ2n) is 5.32. The number of carbonyl (C=O) groups excluding carboxylic acids is 2. The quantitative estimate of drug-likeness (QED) is 0.843. The monoisotopic (exact) mass is 288 g/mol. The first-order chi connectivity index (χ1) is 10.1. The molecule has 0 fully saturated rings. The summed E-state index contributed by atoms with van der Waals surface area (Å²) in [5, 5.41) is 10.5. The number of ether oxygens (including phenoxy) is 2. The largest absolute Gasteiger partial charge is 0.511 e. The molecule has 1 aromatic carbocycles. The minimum absolute atomic E-state index is 0.160. The highest BCUT2D eigenvalue weighted by Crippen LogP contribution is 2.55. The molecule has 1 aromatic rings. The SMILES string of the molecule is COC(=O)C1=C(O)[C@@H](C(=O)OC)[C@@H]2C[C@H]1c1ccccc12. The van der Waals surface area contributed by atoms with Gasteiger partial charge in [0.2, 0.25) is 0 Å². The van der Waals surface area contributed by atoms with Crippen molar-refractivity contribution in [1.29, 1.82) is 0 Å². The van der Waals surface area contributed by atoms with Gasteiger partial charge in [-0.2, -0.15) is 0 Å². The second kappa shape index (κ2) is 4.91. The van der Waals surface area contributed by atoms with Crippen molar-refractivity contribution < 1.29 is 24.2 Å². The second-order valence-corrected chi connectivity index (χ2v) is 5.32. The normalized spacial score (nSPS) is 26.3. The number of hydrogen-bond acceptors (Lipinski definition) is 5. The average Bonchev–Trinajstić information content (AvgIpc) is 2.83.